The highest BCUT2D eigenvalue weighted by Crippen LogP contribution is 2.38. The number of rotatable bonds is 5. The number of ether oxygens (including phenoxy) is 3. The van der Waals surface area contributed by atoms with E-state index in [-0.39, 0.29) is 17.9 Å². The molecule has 2 N–H and O–H groups in total. The number of carbonyl (C=O) groups is 1. The van der Waals surface area contributed by atoms with Crippen LogP contribution in [0.5, 0.6) is 17.2 Å². The molecule has 1 aromatic carbocycles. The fourth-order valence-corrected chi connectivity index (χ4v) is 2.43. The first-order valence-electron chi connectivity index (χ1n) is 7.11. The smallest absolute Gasteiger partial charge is 0.234 e. The summed E-state index contributed by atoms with van der Waals surface area (Å²) < 4.78 is 16.0. The molecule has 1 aromatic rings. The topological polar surface area (TPSA) is 68.8 Å². The number of hydrazine groups is 1. The van der Waals surface area contributed by atoms with Crippen molar-refractivity contribution in [2.24, 2.45) is 5.92 Å². The van der Waals surface area contributed by atoms with Gasteiger partial charge in [-0.15, -0.1) is 0 Å². The summed E-state index contributed by atoms with van der Waals surface area (Å²) in [6.45, 7) is 2.04. The van der Waals surface area contributed by atoms with E-state index in [1.165, 1.54) is 0 Å². The summed E-state index contributed by atoms with van der Waals surface area (Å²) in [5, 5.41) is 0. The van der Waals surface area contributed by atoms with Crippen LogP contribution in [0, 0.1) is 5.92 Å². The lowest BCUT2D eigenvalue weighted by Gasteiger charge is -2.27. The Hall–Kier alpha value is -2.21. The first-order valence-corrected chi connectivity index (χ1v) is 7.11. The van der Waals surface area contributed by atoms with Gasteiger partial charge in [-0.3, -0.25) is 10.2 Å². The van der Waals surface area contributed by atoms with Gasteiger partial charge in [-0.05, 0) is 23.6 Å². The Morgan fingerprint density at radius 3 is 2.27 bits per heavy atom. The van der Waals surface area contributed by atoms with Crippen LogP contribution in [0.3, 0.4) is 0 Å². The van der Waals surface area contributed by atoms with E-state index in [9.17, 15) is 4.79 Å². The third-order valence-electron chi connectivity index (χ3n) is 3.68. The summed E-state index contributed by atoms with van der Waals surface area (Å²) in [5.74, 6) is 2.04. The van der Waals surface area contributed by atoms with Crippen molar-refractivity contribution < 1.29 is 19.0 Å². The van der Waals surface area contributed by atoms with E-state index in [4.69, 9.17) is 14.2 Å². The highest BCUT2D eigenvalue weighted by molar-refractivity contribution is 5.76. The zero-order valence-electron chi connectivity index (χ0n) is 13.3. The van der Waals surface area contributed by atoms with Gasteiger partial charge in [-0.25, -0.2) is 5.43 Å². The van der Waals surface area contributed by atoms with E-state index in [0.717, 1.165) is 5.56 Å². The van der Waals surface area contributed by atoms with Crippen LogP contribution in [0.4, 0.5) is 0 Å². The molecule has 2 atom stereocenters. The molecule has 1 aliphatic rings. The molecule has 1 aliphatic heterocycles. The first kappa shape index (κ1) is 16.2. The van der Waals surface area contributed by atoms with Crippen molar-refractivity contribution in [2.75, 3.05) is 21.3 Å². The molecule has 1 saturated heterocycles. The second-order valence-electron chi connectivity index (χ2n) is 5.22. The predicted octanol–water partition coefficient (Wildman–Crippen LogP) is 1.75. The number of nitrogens with one attached hydrogen (secondary N) is 2. The highest BCUT2D eigenvalue weighted by Gasteiger charge is 2.23. The minimum absolute atomic E-state index is 0.0185. The third-order valence-corrected chi connectivity index (χ3v) is 3.68. The van der Waals surface area contributed by atoms with Gasteiger partial charge >= 0.3 is 0 Å². The van der Waals surface area contributed by atoms with Crippen LogP contribution in [0.25, 0.3) is 6.08 Å². The number of benzene rings is 1. The molecular weight excluding hydrogens is 284 g/mol. The monoisotopic (exact) mass is 306 g/mol. The molecule has 1 amide bonds. The number of methoxy groups -OCH3 is 3. The molecule has 6 nitrogen and oxygen atoms in total. The van der Waals surface area contributed by atoms with Crippen LogP contribution in [0.2, 0.25) is 0 Å². The summed E-state index contributed by atoms with van der Waals surface area (Å²) in [7, 11) is 4.75. The molecular formula is C16H22N2O4. The standard InChI is InChI=1S/C16H22N2O4/c1-10-7-15(19)18-17-12(10)6-5-11-8-13(20-2)16(22-4)14(9-11)21-3/h5-6,8-10,12,17H,7H2,1-4H3,(H,18,19)/b6-5+. The average Bonchev–Trinajstić information content (AvgIpc) is 2.52. The van der Waals surface area contributed by atoms with Gasteiger partial charge in [0.05, 0.1) is 21.3 Å². The van der Waals surface area contributed by atoms with Gasteiger partial charge in [0, 0.05) is 12.5 Å². The lowest BCUT2D eigenvalue weighted by Crippen LogP contribution is -2.52. The Labute approximate surface area is 130 Å². The van der Waals surface area contributed by atoms with Gasteiger partial charge in [0.1, 0.15) is 0 Å². The molecule has 120 valence electrons. The van der Waals surface area contributed by atoms with Crippen molar-refractivity contribution in [1.82, 2.24) is 10.9 Å². The molecule has 0 aromatic heterocycles. The van der Waals surface area contributed by atoms with Crippen LogP contribution < -0.4 is 25.1 Å². The Morgan fingerprint density at radius 1 is 1.14 bits per heavy atom. The number of hydrogen-bond acceptors (Lipinski definition) is 5. The maximum Gasteiger partial charge on any atom is 0.234 e. The molecule has 6 heteroatoms. The van der Waals surface area contributed by atoms with Crippen LogP contribution >= 0.6 is 0 Å². The molecule has 0 radical (unpaired) electrons. The SMILES string of the molecule is COc1cc(/C=C/C2NNC(=O)CC2C)cc(OC)c1OC. The van der Waals surface area contributed by atoms with Gasteiger partial charge in [0.2, 0.25) is 11.7 Å². The van der Waals surface area contributed by atoms with Gasteiger partial charge in [-0.2, -0.15) is 0 Å². The van der Waals surface area contributed by atoms with Gasteiger partial charge in [0.15, 0.2) is 11.5 Å². The average molecular weight is 306 g/mol. The van der Waals surface area contributed by atoms with E-state index in [0.29, 0.717) is 23.7 Å². The van der Waals surface area contributed by atoms with Gasteiger partial charge < -0.3 is 14.2 Å². The Balaban J connectivity index is 2.22. The maximum absolute atomic E-state index is 11.3. The minimum Gasteiger partial charge on any atom is -0.493 e. The fraction of sp³-hybridized carbons (Fsp3) is 0.438. The fourth-order valence-electron chi connectivity index (χ4n) is 2.43. The van der Waals surface area contributed by atoms with E-state index in [1.807, 2.05) is 31.2 Å². The van der Waals surface area contributed by atoms with E-state index in [1.54, 1.807) is 21.3 Å². The minimum atomic E-state index is 0.0185. The van der Waals surface area contributed by atoms with Gasteiger partial charge in [0.25, 0.3) is 0 Å². The Morgan fingerprint density at radius 2 is 1.77 bits per heavy atom. The molecule has 0 aliphatic carbocycles. The first-order chi connectivity index (χ1) is 10.6. The van der Waals surface area contributed by atoms with Crippen molar-refractivity contribution in [2.45, 2.75) is 19.4 Å². The van der Waals surface area contributed by atoms with Crippen LogP contribution in [0.15, 0.2) is 18.2 Å². The largest absolute Gasteiger partial charge is 0.493 e. The van der Waals surface area contributed by atoms with Crippen LogP contribution in [-0.2, 0) is 4.79 Å². The second-order valence-corrected chi connectivity index (χ2v) is 5.22. The molecule has 2 rings (SSSR count). The molecule has 22 heavy (non-hydrogen) atoms. The quantitative estimate of drug-likeness (QED) is 0.867. The van der Waals surface area contributed by atoms with Crippen molar-refractivity contribution in [1.29, 1.82) is 0 Å². The van der Waals surface area contributed by atoms with Crippen LogP contribution in [0.1, 0.15) is 18.9 Å². The Kier molecular flexibility index (Phi) is 5.27. The number of hydrogen-bond donors (Lipinski definition) is 2. The van der Waals surface area contributed by atoms with Crippen molar-refractivity contribution >= 4 is 12.0 Å². The molecule has 2 unspecified atom stereocenters. The summed E-state index contributed by atoms with van der Waals surface area (Å²) >= 11 is 0. The lowest BCUT2D eigenvalue weighted by molar-refractivity contribution is -0.125. The molecule has 1 fully saturated rings. The molecule has 0 spiro atoms. The van der Waals surface area contributed by atoms with E-state index in [2.05, 4.69) is 10.9 Å². The molecule has 0 saturated carbocycles. The molecule has 0 bridgehead atoms. The summed E-state index contributed by atoms with van der Waals surface area (Å²) in [5.41, 5.74) is 6.58. The normalized spacial score (nSPS) is 21.5. The van der Waals surface area contributed by atoms with E-state index >= 15 is 0 Å². The summed E-state index contributed by atoms with van der Waals surface area (Å²) in [6, 6.07) is 3.84. The highest BCUT2D eigenvalue weighted by atomic mass is 16.5. The molecule has 1 heterocycles. The second kappa shape index (κ2) is 7.17. The zero-order valence-corrected chi connectivity index (χ0v) is 13.3. The lowest BCUT2D eigenvalue weighted by atomic mass is 9.96. The maximum atomic E-state index is 11.3. The van der Waals surface area contributed by atoms with Gasteiger partial charge in [-0.1, -0.05) is 19.1 Å². The predicted molar refractivity (Wildman–Crippen MR) is 84.0 cm³/mol. The number of carbonyl (C=O) groups excluding carboxylic acids is 1. The Bertz CT molecular complexity index is 546. The van der Waals surface area contributed by atoms with Crippen molar-refractivity contribution in [3.63, 3.8) is 0 Å². The van der Waals surface area contributed by atoms with Crippen molar-refractivity contribution in [3.8, 4) is 17.2 Å². The zero-order chi connectivity index (χ0) is 16.1. The van der Waals surface area contributed by atoms with Crippen LogP contribution in [-0.4, -0.2) is 33.3 Å². The summed E-state index contributed by atoms with van der Waals surface area (Å²) in [4.78, 5) is 11.3. The van der Waals surface area contributed by atoms with E-state index < -0.39 is 0 Å². The third kappa shape index (κ3) is 3.51. The number of amides is 1. The summed E-state index contributed by atoms with van der Waals surface area (Å²) in [6.07, 6.45) is 4.50. The van der Waals surface area contributed by atoms with Crippen molar-refractivity contribution in [3.05, 3.63) is 23.8 Å².